The van der Waals surface area contributed by atoms with Gasteiger partial charge in [-0.2, -0.15) is 0 Å². The van der Waals surface area contributed by atoms with E-state index in [4.69, 9.17) is 23.2 Å². The molecule has 0 saturated carbocycles. The fourth-order valence-electron chi connectivity index (χ4n) is 2.39. The Labute approximate surface area is 147 Å². The molecule has 0 fully saturated rings. The number of aromatic nitrogens is 2. The zero-order chi connectivity index (χ0) is 17.3. The molecular weight excluding hydrogens is 349 g/mol. The smallest absolute Gasteiger partial charge is 0.261 e. The number of carbonyl (C=O) groups is 1. The molecule has 0 saturated heterocycles. The highest BCUT2D eigenvalue weighted by molar-refractivity contribution is 6.42. The standard InChI is InChI=1S/C17H13Cl2N3O2/c1-20-16(23)11-3-4-12-15(7-11)21-9-22(17(12)24)8-10-2-5-13(18)14(19)6-10/h2-7,9H,8H2,1H3,(H,20,23). The number of nitrogens with zero attached hydrogens (tertiary/aromatic N) is 2. The molecule has 7 heteroatoms. The molecule has 0 aliphatic rings. The Hall–Kier alpha value is -2.37. The van der Waals surface area contributed by atoms with Crippen molar-refractivity contribution in [2.45, 2.75) is 6.54 Å². The number of halogens is 2. The maximum absolute atomic E-state index is 12.6. The third kappa shape index (κ3) is 3.13. The molecule has 0 bridgehead atoms. The van der Waals surface area contributed by atoms with Crippen LogP contribution in [0, 0.1) is 0 Å². The van der Waals surface area contributed by atoms with Crippen LogP contribution in [0.2, 0.25) is 10.0 Å². The lowest BCUT2D eigenvalue weighted by molar-refractivity contribution is 0.0963. The van der Waals surface area contributed by atoms with Crippen LogP contribution >= 0.6 is 23.2 Å². The molecule has 0 aliphatic heterocycles. The van der Waals surface area contributed by atoms with Crippen molar-refractivity contribution in [2.75, 3.05) is 7.05 Å². The van der Waals surface area contributed by atoms with Gasteiger partial charge in [-0.15, -0.1) is 0 Å². The molecule has 0 aliphatic carbocycles. The van der Waals surface area contributed by atoms with Crippen molar-refractivity contribution in [1.29, 1.82) is 0 Å². The van der Waals surface area contributed by atoms with Crippen LogP contribution in [0.25, 0.3) is 10.9 Å². The number of nitrogens with one attached hydrogen (secondary N) is 1. The van der Waals surface area contributed by atoms with Gasteiger partial charge in [-0.05, 0) is 35.9 Å². The van der Waals surface area contributed by atoms with E-state index in [1.54, 1.807) is 43.4 Å². The van der Waals surface area contributed by atoms with Gasteiger partial charge >= 0.3 is 0 Å². The van der Waals surface area contributed by atoms with E-state index in [1.807, 2.05) is 0 Å². The van der Waals surface area contributed by atoms with Gasteiger partial charge in [-0.25, -0.2) is 4.98 Å². The Balaban J connectivity index is 2.01. The molecule has 1 N–H and O–H groups in total. The minimum Gasteiger partial charge on any atom is -0.355 e. The molecule has 24 heavy (non-hydrogen) atoms. The van der Waals surface area contributed by atoms with Crippen LogP contribution in [0.5, 0.6) is 0 Å². The summed E-state index contributed by atoms with van der Waals surface area (Å²) in [6, 6.07) is 10.0. The van der Waals surface area contributed by atoms with E-state index in [1.165, 1.54) is 10.9 Å². The number of rotatable bonds is 3. The molecule has 0 atom stereocenters. The van der Waals surface area contributed by atoms with Crippen molar-refractivity contribution in [3.05, 3.63) is 74.3 Å². The molecule has 2 aromatic carbocycles. The van der Waals surface area contributed by atoms with Crippen LogP contribution in [-0.4, -0.2) is 22.5 Å². The Morgan fingerprint density at radius 1 is 1.17 bits per heavy atom. The van der Waals surface area contributed by atoms with E-state index in [2.05, 4.69) is 10.3 Å². The zero-order valence-corrected chi connectivity index (χ0v) is 14.2. The molecule has 0 radical (unpaired) electrons. The number of carbonyl (C=O) groups excluding carboxylic acids is 1. The highest BCUT2D eigenvalue weighted by Gasteiger charge is 2.09. The maximum atomic E-state index is 12.6. The Morgan fingerprint density at radius 3 is 2.67 bits per heavy atom. The van der Waals surface area contributed by atoms with Gasteiger partial charge in [0.15, 0.2) is 0 Å². The highest BCUT2D eigenvalue weighted by Crippen LogP contribution is 2.22. The van der Waals surface area contributed by atoms with E-state index in [0.717, 1.165) is 5.56 Å². The normalized spacial score (nSPS) is 10.8. The van der Waals surface area contributed by atoms with Crippen LogP contribution in [0.15, 0.2) is 47.5 Å². The Kier molecular flexibility index (Phi) is 4.55. The number of fused-ring (bicyclic) bond motifs is 1. The lowest BCUT2D eigenvalue weighted by Gasteiger charge is -2.08. The topological polar surface area (TPSA) is 64.0 Å². The largest absolute Gasteiger partial charge is 0.355 e. The summed E-state index contributed by atoms with van der Waals surface area (Å²) in [5.74, 6) is -0.223. The van der Waals surface area contributed by atoms with Gasteiger partial charge in [0.25, 0.3) is 11.5 Å². The van der Waals surface area contributed by atoms with E-state index in [-0.39, 0.29) is 11.5 Å². The summed E-state index contributed by atoms with van der Waals surface area (Å²) in [7, 11) is 1.55. The first-order valence-corrected chi connectivity index (χ1v) is 7.90. The Bertz CT molecular complexity index is 999. The van der Waals surface area contributed by atoms with Crippen molar-refractivity contribution in [3.63, 3.8) is 0 Å². The summed E-state index contributed by atoms with van der Waals surface area (Å²) < 4.78 is 1.49. The predicted molar refractivity (Wildman–Crippen MR) is 95.0 cm³/mol. The summed E-state index contributed by atoms with van der Waals surface area (Å²) in [5, 5.41) is 3.89. The average Bonchev–Trinajstić information content (AvgIpc) is 2.59. The fraction of sp³-hybridized carbons (Fsp3) is 0.118. The molecule has 0 spiro atoms. The number of hydrogen-bond donors (Lipinski definition) is 1. The quantitative estimate of drug-likeness (QED) is 0.779. The maximum Gasteiger partial charge on any atom is 0.261 e. The third-order valence-corrected chi connectivity index (χ3v) is 4.39. The van der Waals surface area contributed by atoms with Gasteiger partial charge < -0.3 is 5.32 Å². The van der Waals surface area contributed by atoms with Crippen molar-refractivity contribution in [2.24, 2.45) is 0 Å². The van der Waals surface area contributed by atoms with Crippen LogP contribution < -0.4 is 10.9 Å². The van der Waals surface area contributed by atoms with Gasteiger partial charge in [0.2, 0.25) is 0 Å². The average molecular weight is 362 g/mol. The molecule has 1 amide bonds. The second-order valence-electron chi connectivity index (χ2n) is 5.24. The van der Waals surface area contributed by atoms with Crippen LogP contribution in [0.3, 0.4) is 0 Å². The summed E-state index contributed by atoms with van der Waals surface area (Å²) in [6.07, 6.45) is 1.46. The first kappa shape index (κ1) is 16.5. The summed E-state index contributed by atoms with van der Waals surface area (Å²) >= 11 is 11.9. The summed E-state index contributed by atoms with van der Waals surface area (Å²) in [4.78, 5) is 28.5. The van der Waals surface area contributed by atoms with Crippen molar-refractivity contribution >= 4 is 40.0 Å². The predicted octanol–water partition coefficient (Wildman–Crippen LogP) is 3.11. The molecule has 0 unspecified atom stereocenters. The monoisotopic (exact) mass is 361 g/mol. The van der Waals surface area contributed by atoms with Gasteiger partial charge in [-0.1, -0.05) is 29.3 Å². The SMILES string of the molecule is CNC(=O)c1ccc2c(=O)n(Cc3ccc(Cl)c(Cl)c3)cnc2c1. The molecular formula is C17H13Cl2N3O2. The zero-order valence-electron chi connectivity index (χ0n) is 12.7. The second-order valence-corrected chi connectivity index (χ2v) is 6.05. The van der Waals surface area contributed by atoms with Gasteiger partial charge in [0.05, 0.1) is 33.8 Å². The molecule has 1 aromatic heterocycles. The summed E-state index contributed by atoms with van der Waals surface area (Å²) in [5.41, 5.74) is 1.59. The van der Waals surface area contributed by atoms with Crippen LogP contribution in [0.1, 0.15) is 15.9 Å². The minimum atomic E-state index is -0.223. The van der Waals surface area contributed by atoms with E-state index in [9.17, 15) is 9.59 Å². The van der Waals surface area contributed by atoms with Crippen molar-refractivity contribution < 1.29 is 4.79 Å². The number of amides is 1. The Morgan fingerprint density at radius 2 is 1.96 bits per heavy atom. The second kappa shape index (κ2) is 6.63. The first-order valence-electron chi connectivity index (χ1n) is 7.15. The lowest BCUT2D eigenvalue weighted by atomic mass is 10.1. The molecule has 5 nitrogen and oxygen atoms in total. The van der Waals surface area contributed by atoms with Crippen LogP contribution in [-0.2, 0) is 6.54 Å². The first-order chi connectivity index (χ1) is 11.5. The highest BCUT2D eigenvalue weighted by atomic mass is 35.5. The van der Waals surface area contributed by atoms with E-state index in [0.29, 0.717) is 33.1 Å². The molecule has 1 heterocycles. The van der Waals surface area contributed by atoms with Gasteiger partial charge in [0, 0.05) is 12.6 Å². The fourth-order valence-corrected chi connectivity index (χ4v) is 2.71. The minimum absolute atomic E-state index is 0.186. The van der Waals surface area contributed by atoms with Crippen molar-refractivity contribution in [3.8, 4) is 0 Å². The molecule has 122 valence electrons. The summed E-state index contributed by atoms with van der Waals surface area (Å²) in [6.45, 7) is 0.329. The van der Waals surface area contributed by atoms with E-state index >= 15 is 0 Å². The molecule has 3 aromatic rings. The lowest BCUT2D eigenvalue weighted by Crippen LogP contribution is -2.22. The van der Waals surface area contributed by atoms with Crippen molar-refractivity contribution in [1.82, 2.24) is 14.9 Å². The third-order valence-electron chi connectivity index (χ3n) is 3.65. The van der Waals surface area contributed by atoms with Gasteiger partial charge in [0.1, 0.15) is 0 Å². The number of benzene rings is 2. The van der Waals surface area contributed by atoms with Crippen LogP contribution in [0.4, 0.5) is 0 Å². The van der Waals surface area contributed by atoms with E-state index < -0.39 is 0 Å². The molecule has 3 rings (SSSR count). The van der Waals surface area contributed by atoms with Gasteiger partial charge in [-0.3, -0.25) is 14.2 Å². The number of hydrogen-bond acceptors (Lipinski definition) is 3.